The lowest BCUT2D eigenvalue weighted by Gasteiger charge is -2.04. The van der Waals surface area contributed by atoms with Crippen molar-refractivity contribution in [2.75, 3.05) is 25.5 Å². The molecule has 0 saturated heterocycles. The van der Waals surface area contributed by atoms with Crippen molar-refractivity contribution in [2.45, 2.75) is 0 Å². The molecule has 2 amide bonds. The number of thiophene rings is 1. The molecule has 5 N–H and O–H groups in total. The second-order valence-electron chi connectivity index (χ2n) is 4.23. The van der Waals surface area contributed by atoms with Crippen molar-refractivity contribution in [3.05, 3.63) is 28.1 Å². The van der Waals surface area contributed by atoms with E-state index in [4.69, 9.17) is 27.8 Å². The van der Waals surface area contributed by atoms with Gasteiger partial charge in [-0.05, 0) is 12.1 Å². The predicted octanol–water partition coefficient (Wildman–Crippen LogP) is 1.37. The number of halogens is 1. The van der Waals surface area contributed by atoms with Crippen LogP contribution in [-0.4, -0.2) is 31.6 Å². The Morgan fingerprint density at radius 2 is 2.14 bits per heavy atom. The SMILES string of the molecule is NC(=O)COCCNC(=O)c1sc2cccc(Cl)c2c1N. The smallest absolute Gasteiger partial charge is 0.263 e. The van der Waals surface area contributed by atoms with Gasteiger partial charge in [-0.2, -0.15) is 0 Å². The standard InChI is InChI=1S/C13H14ClN3O3S/c14-7-2-1-3-8-10(7)11(16)12(21-8)13(19)17-4-5-20-6-9(15)18/h1-3H,4-6,16H2,(H2,15,18)(H,17,19). The van der Waals surface area contributed by atoms with E-state index in [-0.39, 0.29) is 25.7 Å². The molecule has 0 saturated carbocycles. The molecule has 0 aliphatic carbocycles. The molecule has 112 valence electrons. The molecule has 0 atom stereocenters. The van der Waals surface area contributed by atoms with Crippen LogP contribution in [0.5, 0.6) is 0 Å². The number of carbonyl (C=O) groups excluding carboxylic acids is 2. The summed E-state index contributed by atoms with van der Waals surface area (Å²) in [5.41, 5.74) is 11.3. The van der Waals surface area contributed by atoms with Crippen molar-refractivity contribution < 1.29 is 14.3 Å². The minimum absolute atomic E-state index is 0.170. The highest BCUT2D eigenvalue weighted by atomic mass is 35.5. The van der Waals surface area contributed by atoms with E-state index in [1.807, 2.05) is 6.07 Å². The number of amides is 2. The minimum atomic E-state index is -0.551. The third kappa shape index (κ3) is 3.63. The molecule has 1 aromatic carbocycles. The van der Waals surface area contributed by atoms with E-state index in [0.29, 0.717) is 21.0 Å². The summed E-state index contributed by atoms with van der Waals surface area (Å²) < 4.78 is 5.81. The fourth-order valence-corrected chi connectivity index (χ4v) is 3.19. The summed E-state index contributed by atoms with van der Waals surface area (Å²) in [5.74, 6) is -0.850. The molecule has 0 spiro atoms. The summed E-state index contributed by atoms with van der Waals surface area (Å²) in [6.45, 7) is 0.282. The zero-order valence-corrected chi connectivity index (χ0v) is 12.6. The van der Waals surface area contributed by atoms with Crippen molar-refractivity contribution in [3.8, 4) is 0 Å². The summed E-state index contributed by atoms with van der Waals surface area (Å²) in [7, 11) is 0. The summed E-state index contributed by atoms with van der Waals surface area (Å²) >= 11 is 7.37. The Morgan fingerprint density at radius 3 is 2.81 bits per heavy atom. The minimum Gasteiger partial charge on any atom is -0.397 e. The van der Waals surface area contributed by atoms with Crippen molar-refractivity contribution >= 4 is 50.5 Å². The Hall–Kier alpha value is -1.83. The van der Waals surface area contributed by atoms with E-state index >= 15 is 0 Å². The summed E-state index contributed by atoms with van der Waals surface area (Å²) in [6, 6.07) is 5.39. The first kappa shape index (κ1) is 15.6. The summed E-state index contributed by atoms with van der Waals surface area (Å²) in [6.07, 6.45) is 0. The molecule has 2 rings (SSSR count). The van der Waals surface area contributed by atoms with Gasteiger partial charge in [0.05, 0.1) is 17.3 Å². The van der Waals surface area contributed by atoms with Crippen molar-refractivity contribution in [3.63, 3.8) is 0 Å². The molecule has 0 aliphatic heterocycles. The predicted molar refractivity (Wildman–Crippen MR) is 83.6 cm³/mol. The Labute approximate surface area is 130 Å². The lowest BCUT2D eigenvalue weighted by molar-refractivity contribution is -0.122. The number of fused-ring (bicyclic) bond motifs is 1. The number of nitrogen functional groups attached to an aromatic ring is 1. The highest BCUT2D eigenvalue weighted by Gasteiger charge is 2.17. The number of benzene rings is 1. The van der Waals surface area contributed by atoms with Gasteiger partial charge in [-0.1, -0.05) is 17.7 Å². The molecule has 1 heterocycles. The topological polar surface area (TPSA) is 107 Å². The largest absolute Gasteiger partial charge is 0.397 e. The number of hydrogen-bond acceptors (Lipinski definition) is 5. The van der Waals surface area contributed by atoms with Gasteiger partial charge in [-0.15, -0.1) is 11.3 Å². The van der Waals surface area contributed by atoms with Crippen LogP contribution in [0, 0.1) is 0 Å². The van der Waals surface area contributed by atoms with Gasteiger partial charge in [-0.25, -0.2) is 0 Å². The van der Waals surface area contributed by atoms with Crippen LogP contribution in [0.4, 0.5) is 5.69 Å². The molecule has 8 heteroatoms. The summed E-state index contributed by atoms with van der Waals surface area (Å²) in [5, 5.41) is 3.88. The molecule has 6 nitrogen and oxygen atoms in total. The van der Waals surface area contributed by atoms with Crippen LogP contribution in [0.25, 0.3) is 10.1 Å². The fraction of sp³-hybridized carbons (Fsp3) is 0.231. The number of anilines is 1. The van der Waals surface area contributed by atoms with Crippen LogP contribution < -0.4 is 16.8 Å². The maximum Gasteiger partial charge on any atom is 0.263 e. The lowest BCUT2D eigenvalue weighted by Crippen LogP contribution is -2.28. The first-order valence-electron chi connectivity index (χ1n) is 6.11. The first-order valence-corrected chi connectivity index (χ1v) is 7.31. The van der Waals surface area contributed by atoms with Gasteiger partial charge in [0.1, 0.15) is 11.5 Å². The molecule has 0 unspecified atom stereocenters. The van der Waals surface area contributed by atoms with Crippen LogP contribution in [0.3, 0.4) is 0 Å². The molecular weight excluding hydrogens is 314 g/mol. The van der Waals surface area contributed by atoms with Crippen LogP contribution in [0.1, 0.15) is 9.67 Å². The molecule has 21 heavy (non-hydrogen) atoms. The normalized spacial score (nSPS) is 10.7. The molecule has 0 fully saturated rings. The quantitative estimate of drug-likeness (QED) is 0.696. The van der Waals surface area contributed by atoms with Crippen LogP contribution >= 0.6 is 22.9 Å². The van der Waals surface area contributed by atoms with E-state index in [1.165, 1.54) is 11.3 Å². The third-order valence-electron chi connectivity index (χ3n) is 2.68. The molecule has 0 radical (unpaired) electrons. The monoisotopic (exact) mass is 327 g/mol. The summed E-state index contributed by atoms with van der Waals surface area (Å²) in [4.78, 5) is 23.0. The zero-order valence-electron chi connectivity index (χ0n) is 11.0. The van der Waals surface area contributed by atoms with Crippen LogP contribution in [-0.2, 0) is 9.53 Å². The van der Waals surface area contributed by atoms with Gasteiger partial charge in [0, 0.05) is 16.6 Å². The Balaban J connectivity index is 2.01. The highest BCUT2D eigenvalue weighted by molar-refractivity contribution is 7.21. The number of nitrogens with two attached hydrogens (primary N) is 2. The van der Waals surface area contributed by atoms with Crippen molar-refractivity contribution in [2.24, 2.45) is 5.73 Å². The number of hydrogen-bond donors (Lipinski definition) is 3. The van der Waals surface area contributed by atoms with Gasteiger partial charge in [0.25, 0.3) is 5.91 Å². The molecule has 0 aliphatic rings. The van der Waals surface area contributed by atoms with Gasteiger partial charge in [0.2, 0.25) is 5.91 Å². The number of rotatable bonds is 6. The lowest BCUT2D eigenvalue weighted by atomic mass is 10.2. The van der Waals surface area contributed by atoms with E-state index < -0.39 is 5.91 Å². The maximum atomic E-state index is 12.1. The second kappa shape index (κ2) is 6.75. The van der Waals surface area contributed by atoms with Gasteiger partial charge in [-0.3, -0.25) is 9.59 Å². The average molecular weight is 328 g/mol. The number of ether oxygens (including phenoxy) is 1. The molecule has 1 aromatic heterocycles. The van der Waals surface area contributed by atoms with E-state index in [2.05, 4.69) is 5.32 Å². The Kier molecular flexibility index (Phi) is 5.00. The maximum absolute atomic E-state index is 12.1. The van der Waals surface area contributed by atoms with Crippen LogP contribution in [0.15, 0.2) is 18.2 Å². The van der Waals surface area contributed by atoms with E-state index in [1.54, 1.807) is 12.1 Å². The van der Waals surface area contributed by atoms with Gasteiger partial charge < -0.3 is 21.5 Å². The fourth-order valence-electron chi connectivity index (χ4n) is 1.79. The molecule has 0 bridgehead atoms. The molecular formula is C13H14ClN3O3S. The zero-order chi connectivity index (χ0) is 15.4. The highest BCUT2D eigenvalue weighted by Crippen LogP contribution is 2.37. The average Bonchev–Trinajstić information content (AvgIpc) is 2.76. The number of primary amides is 1. The van der Waals surface area contributed by atoms with E-state index in [9.17, 15) is 9.59 Å². The Morgan fingerprint density at radius 1 is 1.38 bits per heavy atom. The van der Waals surface area contributed by atoms with Crippen molar-refractivity contribution in [1.29, 1.82) is 0 Å². The third-order valence-corrected chi connectivity index (χ3v) is 4.17. The number of carbonyl (C=O) groups is 2. The van der Waals surface area contributed by atoms with E-state index in [0.717, 1.165) is 4.70 Å². The first-order chi connectivity index (χ1) is 10.0. The van der Waals surface area contributed by atoms with Crippen molar-refractivity contribution in [1.82, 2.24) is 5.32 Å². The van der Waals surface area contributed by atoms with Crippen LogP contribution in [0.2, 0.25) is 5.02 Å². The number of nitrogens with one attached hydrogen (secondary N) is 1. The van der Waals surface area contributed by atoms with Gasteiger partial charge in [0.15, 0.2) is 0 Å². The second-order valence-corrected chi connectivity index (χ2v) is 5.69. The Bertz CT molecular complexity index is 687. The van der Waals surface area contributed by atoms with Gasteiger partial charge >= 0.3 is 0 Å². The molecule has 2 aromatic rings.